The zero-order valence-electron chi connectivity index (χ0n) is 14.2. The van der Waals surface area contributed by atoms with Crippen molar-refractivity contribution in [2.75, 3.05) is 11.9 Å². The topological polar surface area (TPSA) is 64.1 Å². The molecule has 138 valence electrons. The Hall–Kier alpha value is -3.06. The SMILES string of the molecule is Cc1cc(OCC(=O)Nc2cc(F)ccc2F)nc(-c2ccc(Cl)cc2)n1. The predicted molar refractivity (Wildman–Crippen MR) is 97.7 cm³/mol. The number of anilines is 1. The van der Waals surface area contributed by atoms with Gasteiger partial charge in [-0.25, -0.2) is 13.8 Å². The lowest BCUT2D eigenvalue weighted by molar-refractivity contribution is -0.118. The van der Waals surface area contributed by atoms with Crippen LogP contribution >= 0.6 is 11.6 Å². The van der Waals surface area contributed by atoms with Crippen molar-refractivity contribution in [3.8, 4) is 17.3 Å². The Morgan fingerprint density at radius 2 is 1.85 bits per heavy atom. The zero-order valence-corrected chi connectivity index (χ0v) is 14.9. The van der Waals surface area contributed by atoms with Crippen LogP contribution in [0.25, 0.3) is 11.4 Å². The molecule has 0 saturated carbocycles. The predicted octanol–water partition coefficient (Wildman–Crippen LogP) is 4.40. The van der Waals surface area contributed by atoms with E-state index in [2.05, 4.69) is 15.3 Å². The van der Waals surface area contributed by atoms with Crippen molar-refractivity contribution in [1.29, 1.82) is 0 Å². The third-order valence-electron chi connectivity index (χ3n) is 3.49. The summed E-state index contributed by atoms with van der Waals surface area (Å²) in [5.41, 5.74) is 1.12. The first kappa shape index (κ1) is 18.7. The molecule has 2 aromatic carbocycles. The second-order valence-corrected chi connectivity index (χ2v) is 6.08. The zero-order chi connectivity index (χ0) is 19.4. The van der Waals surface area contributed by atoms with Gasteiger partial charge in [0.15, 0.2) is 12.4 Å². The number of aryl methyl sites for hydroxylation is 1. The summed E-state index contributed by atoms with van der Waals surface area (Å²) in [6.07, 6.45) is 0. The van der Waals surface area contributed by atoms with Crippen LogP contribution in [0, 0.1) is 18.6 Å². The quantitative estimate of drug-likeness (QED) is 0.702. The summed E-state index contributed by atoms with van der Waals surface area (Å²) < 4.78 is 32.1. The van der Waals surface area contributed by atoms with E-state index >= 15 is 0 Å². The summed E-state index contributed by atoms with van der Waals surface area (Å²) in [5.74, 6) is -1.45. The summed E-state index contributed by atoms with van der Waals surface area (Å²) in [7, 11) is 0. The van der Waals surface area contributed by atoms with Crippen molar-refractivity contribution < 1.29 is 18.3 Å². The number of amides is 1. The van der Waals surface area contributed by atoms with Gasteiger partial charge in [0.05, 0.1) is 5.69 Å². The molecule has 3 rings (SSSR count). The molecule has 1 N–H and O–H groups in total. The standard InChI is InChI=1S/C19H14ClF2N3O2/c1-11-8-18(25-19(23-11)12-2-4-13(20)5-3-12)27-10-17(26)24-16-9-14(21)6-7-15(16)22/h2-9H,10H2,1H3,(H,24,26). The summed E-state index contributed by atoms with van der Waals surface area (Å²) in [5, 5.41) is 2.84. The molecule has 0 radical (unpaired) electrons. The van der Waals surface area contributed by atoms with Gasteiger partial charge in [0.2, 0.25) is 5.88 Å². The van der Waals surface area contributed by atoms with Crippen LogP contribution in [-0.2, 0) is 4.79 Å². The number of nitrogens with one attached hydrogen (secondary N) is 1. The number of benzene rings is 2. The maximum atomic E-state index is 13.6. The molecule has 3 aromatic rings. The van der Waals surface area contributed by atoms with Crippen LogP contribution in [0.3, 0.4) is 0 Å². The fraction of sp³-hybridized carbons (Fsp3) is 0.105. The van der Waals surface area contributed by atoms with Gasteiger partial charge in [-0.15, -0.1) is 0 Å². The first-order valence-corrected chi connectivity index (χ1v) is 8.28. The number of rotatable bonds is 5. The minimum atomic E-state index is -0.743. The number of hydrogen-bond acceptors (Lipinski definition) is 4. The van der Waals surface area contributed by atoms with Gasteiger partial charge in [0, 0.05) is 28.4 Å². The first-order chi connectivity index (χ1) is 12.9. The summed E-state index contributed by atoms with van der Waals surface area (Å²) in [6, 6.07) is 11.3. The van der Waals surface area contributed by atoms with Crippen molar-refractivity contribution in [2.45, 2.75) is 6.92 Å². The number of aromatic nitrogens is 2. The van der Waals surface area contributed by atoms with E-state index in [1.165, 1.54) is 0 Å². The maximum Gasteiger partial charge on any atom is 0.262 e. The second kappa shape index (κ2) is 8.09. The highest BCUT2D eigenvalue weighted by Crippen LogP contribution is 2.21. The summed E-state index contributed by atoms with van der Waals surface area (Å²) in [4.78, 5) is 20.5. The van der Waals surface area contributed by atoms with Gasteiger partial charge in [-0.3, -0.25) is 4.79 Å². The van der Waals surface area contributed by atoms with Crippen molar-refractivity contribution in [3.63, 3.8) is 0 Å². The molecule has 8 heteroatoms. The van der Waals surface area contributed by atoms with Crippen molar-refractivity contribution in [1.82, 2.24) is 9.97 Å². The maximum absolute atomic E-state index is 13.6. The highest BCUT2D eigenvalue weighted by molar-refractivity contribution is 6.30. The van der Waals surface area contributed by atoms with E-state index in [1.54, 1.807) is 37.3 Å². The minimum Gasteiger partial charge on any atom is -0.467 e. The molecule has 1 aromatic heterocycles. The van der Waals surface area contributed by atoms with E-state index in [4.69, 9.17) is 16.3 Å². The van der Waals surface area contributed by atoms with Crippen molar-refractivity contribution in [2.24, 2.45) is 0 Å². The largest absolute Gasteiger partial charge is 0.467 e. The first-order valence-electron chi connectivity index (χ1n) is 7.90. The van der Waals surface area contributed by atoms with Crippen LogP contribution in [0.4, 0.5) is 14.5 Å². The average Bonchev–Trinajstić information content (AvgIpc) is 2.63. The molecule has 0 atom stereocenters. The molecule has 0 fully saturated rings. The molecular weight excluding hydrogens is 376 g/mol. The number of ether oxygens (including phenoxy) is 1. The number of carbonyl (C=O) groups is 1. The fourth-order valence-corrected chi connectivity index (χ4v) is 2.39. The monoisotopic (exact) mass is 389 g/mol. The molecular formula is C19H14ClF2N3O2. The third kappa shape index (κ3) is 4.98. The van der Waals surface area contributed by atoms with Gasteiger partial charge >= 0.3 is 0 Å². The number of hydrogen-bond donors (Lipinski definition) is 1. The van der Waals surface area contributed by atoms with E-state index < -0.39 is 24.1 Å². The van der Waals surface area contributed by atoms with Crippen molar-refractivity contribution in [3.05, 3.63) is 70.9 Å². The van der Waals surface area contributed by atoms with E-state index in [-0.39, 0.29) is 11.6 Å². The van der Waals surface area contributed by atoms with Gasteiger partial charge in [-0.05, 0) is 43.3 Å². The molecule has 0 aliphatic heterocycles. The van der Waals surface area contributed by atoms with E-state index in [1.807, 2.05) is 0 Å². The Bertz CT molecular complexity index is 981. The van der Waals surface area contributed by atoms with Gasteiger partial charge in [-0.1, -0.05) is 11.6 Å². The van der Waals surface area contributed by atoms with Crippen LogP contribution in [0.15, 0.2) is 48.5 Å². The van der Waals surface area contributed by atoms with E-state index in [9.17, 15) is 13.6 Å². The third-order valence-corrected chi connectivity index (χ3v) is 3.74. The molecule has 0 aliphatic rings. The van der Waals surface area contributed by atoms with Crippen molar-refractivity contribution >= 4 is 23.2 Å². The van der Waals surface area contributed by atoms with E-state index in [0.29, 0.717) is 16.5 Å². The Morgan fingerprint density at radius 1 is 1.11 bits per heavy atom. The van der Waals surface area contributed by atoms with Gasteiger partial charge in [-0.2, -0.15) is 4.98 Å². The molecule has 0 spiro atoms. The number of carbonyl (C=O) groups excluding carboxylic acids is 1. The average molecular weight is 390 g/mol. The van der Waals surface area contributed by atoms with Crippen LogP contribution in [-0.4, -0.2) is 22.5 Å². The minimum absolute atomic E-state index is 0.183. The van der Waals surface area contributed by atoms with Crippen LogP contribution in [0.5, 0.6) is 5.88 Å². The normalized spacial score (nSPS) is 10.5. The van der Waals surface area contributed by atoms with E-state index in [0.717, 1.165) is 23.8 Å². The van der Waals surface area contributed by atoms with Gasteiger partial charge in [0.25, 0.3) is 5.91 Å². The molecule has 0 saturated heterocycles. The lowest BCUT2D eigenvalue weighted by Gasteiger charge is -2.09. The Kier molecular flexibility index (Phi) is 5.61. The second-order valence-electron chi connectivity index (χ2n) is 5.64. The van der Waals surface area contributed by atoms with Gasteiger partial charge in [0.1, 0.15) is 11.6 Å². The van der Waals surface area contributed by atoms with Crippen LogP contribution < -0.4 is 10.1 Å². The molecule has 5 nitrogen and oxygen atoms in total. The Morgan fingerprint density at radius 3 is 2.59 bits per heavy atom. The highest BCUT2D eigenvalue weighted by Gasteiger charge is 2.11. The molecule has 27 heavy (non-hydrogen) atoms. The lowest BCUT2D eigenvalue weighted by Crippen LogP contribution is -2.21. The summed E-state index contributed by atoms with van der Waals surface area (Å²) in [6.45, 7) is 1.34. The molecule has 1 heterocycles. The lowest BCUT2D eigenvalue weighted by atomic mass is 10.2. The van der Waals surface area contributed by atoms with Crippen LogP contribution in [0.2, 0.25) is 5.02 Å². The number of nitrogens with zero attached hydrogens (tertiary/aromatic N) is 2. The van der Waals surface area contributed by atoms with Crippen LogP contribution in [0.1, 0.15) is 5.69 Å². The molecule has 0 aliphatic carbocycles. The fourth-order valence-electron chi connectivity index (χ4n) is 2.26. The molecule has 0 bridgehead atoms. The van der Waals surface area contributed by atoms with Gasteiger partial charge < -0.3 is 10.1 Å². The molecule has 0 unspecified atom stereocenters. The molecule has 1 amide bonds. The summed E-state index contributed by atoms with van der Waals surface area (Å²) >= 11 is 5.87. The smallest absolute Gasteiger partial charge is 0.262 e. The Labute approximate surface area is 159 Å². The number of halogens is 3. The highest BCUT2D eigenvalue weighted by atomic mass is 35.5. The Balaban J connectivity index is 1.69.